The molecule has 0 amide bonds. The highest BCUT2D eigenvalue weighted by Crippen LogP contribution is 2.27. The van der Waals surface area contributed by atoms with Crippen LogP contribution < -0.4 is 5.23 Å². The van der Waals surface area contributed by atoms with Gasteiger partial charge in [-0.2, -0.15) is 0 Å². The maximum absolute atomic E-state index is 3.77. The lowest BCUT2D eigenvalue weighted by Gasteiger charge is -2.19. The molecule has 2 rings (SSSR count). The van der Waals surface area contributed by atoms with Crippen molar-refractivity contribution in [3.63, 3.8) is 0 Å². The summed E-state index contributed by atoms with van der Waals surface area (Å²) in [5, 5.41) is 3.36. The monoisotopic (exact) mass is 233 g/mol. The zero-order valence-electron chi connectivity index (χ0n) is 7.13. The van der Waals surface area contributed by atoms with Crippen molar-refractivity contribution in [2.24, 2.45) is 0 Å². The molecule has 1 aromatic carbocycles. The molecule has 0 fully saturated rings. The van der Waals surface area contributed by atoms with Crippen molar-refractivity contribution < 1.29 is 0 Å². The summed E-state index contributed by atoms with van der Waals surface area (Å²) in [7, 11) is 0. The topological polar surface area (TPSA) is 12.0 Å². The summed E-state index contributed by atoms with van der Waals surface area (Å²) in [5.41, 5.74) is 2.38. The first-order valence-corrected chi connectivity index (χ1v) is 4.96. The molecule has 1 aliphatic rings. The normalized spacial score (nSPS) is 14.2. The van der Waals surface area contributed by atoms with E-state index in [1.54, 1.807) is 0 Å². The number of hydrogen-bond donors (Lipinski definition) is 1. The van der Waals surface area contributed by atoms with Crippen LogP contribution in [0.5, 0.6) is 0 Å². The van der Waals surface area contributed by atoms with Crippen molar-refractivity contribution in [1.29, 1.82) is 0 Å². The molecule has 0 saturated carbocycles. The molecule has 0 saturated heterocycles. The summed E-state index contributed by atoms with van der Waals surface area (Å²) in [5.74, 6) is 1.89. The molecule has 3 heteroatoms. The Kier molecular flexibility index (Phi) is 2.27. The van der Waals surface area contributed by atoms with Crippen LogP contribution in [-0.4, -0.2) is 6.85 Å². The zero-order valence-corrected chi connectivity index (χ0v) is 8.71. The summed E-state index contributed by atoms with van der Waals surface area (Å²) in [6, 6.07) is 8.22. The van der Waals surface area contributed by atoms with E-state index in [4.69, 9.17) is 0 Å². The summed E-state index contributed by atoms with van der Waals surface area (Å²) >= 11 is 3.51. The first-order chi connectivity index (χ1) is 6.31. The van der Waals surface area contributed by atoms with Crippen molar-refractivity contribution in [3.05, 3.63) is 46.8 Å². The smallest absolute Gasteiger partial charge is 0.320 e. The van der Waals surface area contributed by atoms with Gasteiger partial charge < -0.3 is 5.23 Å². The van der Waals surface area contributed by atoms with Gasteiger partial charge in [0.15, 0.2) is 0 Å². The van der Waals surface area contributed by atoms with E-state index < -0.39 is 0 Å². The van der Waals surface area contributed by atoms with Gasteiger partial charge in [-0.15, -0.1) is 6.58 Å². The van der Waals surface area contributed by atoms with Gasteiger partial charge in [0.25, 0.3) is 0 Å². The van der Waals surface area contributed by atoms with E-state index in [1.807, 2.05) is 18.1 Å². The van der Waals surface area contributed by atoms with Crippen molar-refractivity contribution in [2.45, 2.75) is 0 Å². The van der Waals surface area contributed by atoms with Crippen molar-refractivity contribution >= 4 is 34.5 Å². The zero-order chi connectivity index (χ0) is 9.26. The number of nitrogens with one attached hydrogen (secondary N) is 1. The third-order valence-electron chi connectivity index (χ3n) is 2.10. The summed E-state index contributed by atoms with van der Waals surface area (Å²) < 4.78 is 1.13. The lowest BCUT2D eigenvalue weighted by atomic mass is 9.60. The second-order valence-electron chi connectivity index (χ2n) is 2.97. The molecule has 0 radical (unpaired) electrons. The van der Waals surface area contributed by atoms with Crippen LogP contribution in [0.15, 0.2) is 41.2 Å². The minimum Gasteiger partial charge on any atom is -0.420 e. The Bertz CT molecular complexity index is 373. The molecule has 0 aliphatic carbocycles. The van der Waals surface area contributed by atoms with E-state index >= 15 is 0 Å². The third kappa shape index (κ3) is 1.56. The number of rotatable bonds is 1. The first kappa shape index (κ1) is 8.63. The maximum atomic E-state index is 3.77. The van der Waals surface area contributed by atoms with Gasteiger partial charge in [-0.05, 0) is 22.1 Å². The quantitative estimate of drug-likeness (QED) is 0.736. The first-order valence-electron chi connectivity index (χ1n) is 4.16. The maximum Gasteiger partial charge on any atom is 0.320 e. The summed E-state index contributed by atoms with van der Waals surface area (Å²) in [6.07, 6.45) is 2.12. The Labute approximate surface area is 86.8 Å². The molecular formula is C10H9BBrN. The molecule has 1 nitrogen and oxygen atoms in total. The highest BCUT2D eigenvalue weighted by atomic mass is 79.9. The van der Waals surface area contributed by atoms with Gasteiger partial charge in [0, 0.05) is 5.69 Å². The molecule has 0 aromatic heterocycles. The number of para-hydroxylation sites is 1. The Morgan fingerprint density at radius 1 is 1.38 bits per heavy atom. The molecule has 1 aliphatic heterocycles. The second-order valence-corrected chi connectivity index (χ2v) is 3.89. The average molecular weight is 234 g/mol. The van der Waals surface area contributed by atoms with Crippen LogP contribution in [-0.2, 0) is 0 Å². The fourth-order valence-corrected chi connectivity index (χ4v) is 1.95. The lowest BCUT2D eigenvalue weighted by molar-refractivity contribution is 1.60. The van der Waals surface area contributed by atoms with Gasteiger partial charge >= 0.3 is 6.85 Å². The predicted molar refractivity (Wildman–Crippen MR) is 62.9 cm³/mol. The second kappa shape index (κ2) is 3.42. The Morgan fingerprint density at radius 3 is 2.92 bits per heavy atom. The number of hydrogen-bond acceptors (Lipinski definition) is 1. The van der Waals surface area contributed by atoms with Crippen LogP contribution in [0, 0.1) is 0 Å². The van der Waals surface area contributed by atoms with Crippen LogP contribution in [0.4, 0.5) is 5.69 Å². The third-order valence-corrected chi connectivity index (χ3v) is 2.82. The Balaban J connectivity index is 2.46. The fourth-order valence-electron chi connectivity index (χ4n) is 1.40. The molecular weight excluding hydrogens is 225 g/mol. The van der Waals surface area contributed by atoms with Crippen molar-refractivity contribution in [1.82, 2.24) is 0 Å². The molecule has 64 valence electrons. The predicted octanol–water partition coefficient (Wildman–Crippen LogP) is 3.10. The number of halogens is 1. The molecule has 13 heavy (non-hydrogen) atoms. The standard InChI is InChI=1S/C10H9BBrN/c1-2-11-10(12)7-8-5-3-4-6-9(8)13-11/h2-7,13H,1H2. The average Bonchev–Trinajstić information content (AvgIpc) is 2.17. The van der Waals surface area contributed by atoms with Gasteiger partial charge in [0.2, 0.25) is 0 Å². The Morgan fingerprint density at radius 2 is 2.15 bits per heavy atom. The molecule has 0 atom stereocenters. The molecule has 0 spiro atoms. The van der Waals surface area contributed by atoms with E-state index in [0.29, 0.717) is 0 Å². The molecule has 0 bridgehead atoms. The largest absolute Gasteiger partial charge is 0.420 e. The van der Waals surface area contributed by atoms with Crippen molar-refractivity contribution in [3.8, 4) is 0 Å². The molecule has 1 heterocycles. The minimum absolute atomic E-state index is 0.204. The van der Waals surface area contributed by atoms with E-state index in [1.165, 1.54) is 5.56 Å². The SMILES string of the molecule is C=CB1Nc2ccccc2C=C1Br. The number of benzene rings is 1. The summed E-state index contributed by atoms with van der Waals surface area (Å²) in [4.78, 5) is 0. The van der Waals surface area contributed by atoms with E-state index in [9.17, 15) is 0 Å². The number of anilines is 1. The van der Waals surface area contributed by atoms with Crippen LogP contribution in [0.25, 0.3) is 6.08 Å². The van der Waals surface area contributed by atoms with Gasteiger partial charge in [0.1, 0.15) is 0 Å². The van der Waals surface area contributed by atoms with Crippen LogP contribution in [0.3, 0.4) is 0 Å². The van der Waals surface area contributed by atoms with E-state index in [0.717, 1.165) is 10.1 Å². The minimum atomic E-state index is 0.204. The fraction of sp³-hybridized carbons (Fsp3) is 0. The van der Waals surface area contributed by atoms with Gasteiger partial charge in [0.05, 0.1) is 0 Å². The Hall–Kier alpha value is -0.955. The number of fused-ring (bicyclic) bond motifs is 1. The van der Waals surface area contributed by atoms with Crippen LogP contribution in [0.2, 0.25) is 0 Å². The van der Waals surface area contributed by atoms with Gasteiger partial charge in [-0.3, -0.25) is 0 Å². The summed E-state index contributed by atoms with van der Waals surface area (Å²) in [6.45, 7) is 3.98. The van der Waals surface area contributed by atoms with Crippen molar-refractivity contribution in [2.75, 3.05) is 5.23 Å². The molecule has 0 unspecified atom stereocenters. The highest BCUT2D eigenvalue weighted by molar-refractivity contribution is 9.12. The van der Waals surface area contributed by atoms with Gasteiger partial charge in [-0.25, -0.2) is 0 Å². The van der Waals surface area contributed by atoms with E-state index in [2.05, 4.69) is 45.9 Å². The van der Waals surface area contributed by atoms with Gasteiger partial charge in [-0.1, -0.05) is 40.1 Å². The molecule has 1 aromatic rings. The van der Waals surface area contributed by atoms with Crippen LogP contribution in [0.1, 0.15) is 5.56 Å². The lowest BCUT2D eigenvalue weighted by Crippen LogP contribution is -2.25. The highest BCUT2D eigenvalue weighted by Gasteiger charge is 2.19. The van der Waals surface area contributed by atoms with Crippen LogP contribution >= 0.6 is 15.9 Å². The molecule has 1 N–H and O–H groups in total. The van der Waals surface area contributed by atoms with E-state index in [-0.39, 0.29) is 6.85 Å².